The van der Waals surface area contributed by atoms with Gasteiger partial charge in [-0.15, -0.1) is 11.3 Å². The van der Waals surface area contributed by atoms with E-state index in [1.165, 1.54) is 11.3 Å². The second-order valence-corrected chi connectivity index (χ2v) is 7.68. The van der Waals surface area contributed by atoms with Crippen molar-refractivity contribution in [2.75, 3.05) is 16.3 Å². The molecule has 0 spiro atoms. The van der Waals surface area contributed by atoms with E-state index >= 15 is 0 Å². The largest absolute Gasteiger partial charge is 0.339 e. The standard InChI is InChI=1S/C14H15N5O2S2/c1-9-7-10(19-23(2,20)21)3-4-11(9)16-13-8-12(17-18-13)14-15-5-6-22-14/h3-8,19H,1-2H3,(H2,16,17,18). The monoisotopic (exact) mass is 349 g/mol. The quantitative estimate of drug-likeness (QED) is 0.657. The minimum atomic E-state index is -3.28. The molecule has 3 N–H and O–H groups in total. The fourth-order valence-electron chi connectivity index (χ4n) is 2.07. The topological polar surface area (TPSA) is 99.8 Å². The lowest BCUT2D eigenvalue weighted by molar-refractivity contribution is 0.607. The summed E-state index contributed by atoms with van der Waals surface area (Å²) in [7, 11) is -3.28. The highest BCUT2D eigenvalue weighted by Crippen LogP contribution is 2.26. The first-order valence-corrected chi connectivity index (χ1v) is 9.48. The molecule has 0 radical (unpaired) electrons. The van der Waals surface area contributed by atoms with Crippen LogP contribution in [0.1, 0.15) is 5.56 Å². The second-order valence-electron chi connectivity index (χ2n) is 5.03. The number of H-pyrrole nitrogens is 1. The maximum Gasteiger partial charge on any atom is 0.229 e. The number of aromatic amines is 1. The van der Waals surface area contributed by atoms with Gasteiger partial charge in [0, 0.05) is 29.0 Å². The zero-order valence-electron chi connectivity index (χ0n) is 12.5. The van der Waals surface area contributed by atoms with Gasteiger partial charge in [-0.2, -0.15) is 5.10 Å². The predicted octanol–water partition coefficient (Wildman–Crippen LogP) is 2.96. The van der Waals surface area contributed by atoms with Crippen molar-refractivity contribution in [3.63, 3.8) is 0 Å². The third kappa shape index (κ3) is 3.88. The zero-order valence-corrected chi connectivity index (χ0v) is 14.1. The van der Waals surface area contributed by atoms with E-state index in [4.69, 9.17) is 0 Å². The van der Waals surface area contributed by atoms with Crippen molar-refractivity contribution in [3.05, 3.63) is 41.4 Å². The smallest absolute Gasteiger partial charge is 0.229 e. The third-order valence-electron chi connectivity index (χ3n) is 3.03. The molecule has 0 aliphatic heterocycles. The highest BCUT2D eigenvalue weighted by Gasteiger charge is 2.08. The van der Waals surface area contributed by atoms with Crippen LogP contribution in [0.5, 0.6) is 0 Å². The Morgan fingerprint density at radius 3 is 2.74 bits per heavy atom. The molecule has 9 heteroatoms. The molecule has 2 aromatic heterocycles. The van der Waals surface area contributed by atoms with Crippen molar-refractivity contribution in [1.29, 1.82) is 0 Å². The van der Waals surface area contributed by atoms with Crippen molar-refractivity contribution in [1.82, 2.24) is 15.2 Å². The molecule has 0 saturated heterocycles. The molecule has 3 rings (SSSR count). The van der Waals surface area contributed by atoms with Gasteiger partial charge in [-0.3, -0.25) is 9.82 Å². The van der Waals surface area contributed by atoms with Crippen LogP contribution in [0.15, 0.2) is 35.8 Å². The first-order valence-electron chi connectivity index (χ1n) is 6.71. The van der Waals surface area contributed by atoms with Crippen molar-refractivity contribution in [2.24, 2.45) is 0 Å². The average Bonchev–Trinajstić information content (AvgIpc) is 3.11. The molecule has 7 nitrogen and oxygen atoms in total. The van der Waals surface area contributed by atoms with Gasteiger partial charge in [0.05, 0.1) is 11.9 Å². The maximum atomic E-state index is 11.3. The number of aryl methyl sites for hydroxylation is 1. The summed E-state index contributed by atoms with van der Waals surface area (Å²) in [5, 5.41) is 13.1. The van der Waals surface area contributed by atoms with E-state index in [9.17, 15) is 8.42 Å². The highest BCUT2D eigenvalue weighted by atomic mass is 32.2. The summed E-state index contributed by atoms with van der Waals surface area (Å²) in [6.45, 7) is 1.89. The summed E-state index contributed by atoms with van der Waals surface area (Å²) < 4.78 is 25.0. The van der Waals surface area contributed by atoms with Gasteiger partial charge in [-0.05, 0) is 30.7 Å². The molecule has 0 unspecified atom stereocenters. The Bertz CT molecular complexity index is 917. The number of thiazole rings is 1. The van der Waals surface area contributed by atoms with Gasteiger partial charge >= 0.3 is 0 Å². The van der Waals surface area contributed by atoms with Crippen LogP contribution in [0.2, 0.25) is 0 Å². The summed E-state index contributed by atoms with van der Waals surface area (Å²) >= 11 is 1.53. The average molecular weight is 349 g/mol. The van der Waals surface area contributed by atoms with E-state index in [1.807, 2.05) is 18.4 Å². The van der Waals surface area contributed by atoms with Gasteiger partial charge in [0.2, 0.25) is 10.0 Å². The molecule has 2 heterocycles. The van der Waals surface area contributed by atoms with E-state index in [0.717, 1.165) is 28.2 Å². The first-order chi connectivity index (χ1) is 10.9. The van der Waals surface area contributed by atoms with E-state index in [1.54, 1.807) is 24.4 Å². The van der Waals surface area contributed by atoms with E-state index < -0.39 is 10.0 Å². The number of hydrogen-bond donors (Lipinski definition) is 3. The Balaban J connectivity index is 1.78. The molecular weight excluding hydrogens is 334 g/mol. The number of anilines is 3. The molecule has 0 aliphatic rings. The van der Waals surface area contributed by atoms with Crippen LogP contribution in [-0.4, -0.2) is 29.9 Å². The molecular formula is C14H15N5O2S2. The van der Waals surface area contributed by atoms with E-state index in [-0.39, 0.29) is 0 Å². The summed E-state index contributed by atoms with van der Waals surface area (Å²) in [6, 6.07) is 7.14. The fourth-order valence-corrected chi connectivity index (χ4v) is 3.23. The van der Waals surface area contributed by atoms with Crippen LogP contribution in [0, 0.1) is 6.92 Å². The molecule has 0 saturated carbocycles. The molecule has 3 aromatic rings. The van der Waals surface area contributed by atoms with Crippen LogP contribution in [-0.2, 0) is 10.0 Å². The lowest BCUT2D eigenvalue weighted by Crippen LogP contribution is -2.09. The van der Waals surface area contributed by atoms with E-state index in [0.29, 0.717) is 11.5 Å². The van der Waals surface area contributed by atoms with Crippen LogP contribution in [0.4, 0.5) is 17.2 Å². The van der Waals surface area contributed by atoms with Gasteiger partial charge in [0.1, 0.15) is 5.01 Å². The van der Waals surface area contributed by atoms with Crippen molar-refractivity contribution in [2.45, 2.75) is 6.92 Å². The predicted molar refractivity (Wildman–Crippen MR) is 92.6 cm³/mol. The summed E-state index contributed by atoms with van der Waals surface area (Å²) in [4.78, 5) is 4.22. The molecule has 0 aliphatic carbocycles. The summed E-state index contributed by atoms with van der Waals surface area (Å²) in [5.41, 5.74) is 3.12. The fraction of sp³-hybridized carbons (Fsp3) is 0.143. The lowest BCUT2D eigenvalue weighted by Gasteiger charge is -2.10. The van der Waals surface area contributed by atoms with Crippen molar-refractivity contribution < 1.29 is 8.42 Å². The molecule has 1 aromatic carbocycles. The number of nitrogens with one attached hydrogen (secondary N) is 3. The van der Waals surface area contributed by atoms with Gasteiger partial charge in [-0.1, -0.05) is 0 Å². The number of aromatic nitrogens is 3. The first kappa shape index (κ1) is 15.5. The van der Waals surface area contributed by atoms with Crippen LogP contribution in [0.3, 0.4) is 0 Å². The SMILES string of the molecule is Cc1cc(NS(C)(=O)=O)ccc1Nc1cc(-c2nccs2)[nH]n1. The van der Waals surface area contributed by atoms with Gasteiger partial charge < -0.3 is 5.32 Å². The number of benzene rings is 1. The Hall–Kier alpha value is -2.39. The maximum absolute atomic E-state index is 11.3. The number of nitrogens with zero attached hydrogens (tertiary/aromatic N) is 2. The molecule has 120 valence electrons. The Morgan fingerprint density at radius 2 is 2.09 bits per heavy atom. The molecule has 0 amide bonds. The lowest BCUT2D eigenvalue weighted by atomic mass is 10.2. The molecule has 0 bridgehead atoms. The Morgan fingerprint density at radius 1 is 1.26 bits per heavy atom. The van der Waals surface area contributed by atoms with Gasteiger partial charge in [-0.25, -0.2) is 13.4 Å². The molecule has 0 fully saturated rings. The summed E-state index contributed by atoms with van der Waals surface area (Å²) in [6.07, 6.45) is 2.87. The number of sulfonamides is 1. The number of rotatable bonds is 5. The van der Waals surface area contributed by atoms with Crippen molar-refractivity contribution in [3.8, 4) is 10.7 Å². The van der Waals surface area contributed by atoms with Crippen molar-refractivity contribution >= 4 is 38.6 Å². The van der Waals surface area contributed by atoms with Gasteiger partial charge in [0.15, 0.2) is 5.82 Å². The normalized spacial score (nSPS) is 11.4. The zero-order chi connectivity index (χ0) is 16.4. The molecule has 23 heavy (non-hydrogen) atoms. The Kier molecular flexibility index (Phi) is 4.05. The highest BCUT2D eigenvalue weighted by molar-refractivity contribution is 7.92. The van der Waals surface area contributed by atoms with Crippen LogP contribution >= 0.6 is 11.3 Å². The summed E-state index contributed by atoms with van der Waals surface area (Å²) in [5.74, 6) is 0.669. The third-order valence-corrected chi connectivity index (χ3v) is 4.45. The van der Waals surface area contributed by atoms with Crippen LogP contribution < -0.4 is 10.0 Å². The molecule has 0 atom stereocenters. The minimum Gasteiger partial charge on any atom is -0.339 e. The van der Waals surface area contributed by atoms with E-state index in [2.05, 4.69) is 25.2 Å². The Labute approximate surface area is 137 Å². The number of hydrogen-bond acceptors (Lipinski definition) is 6. The second kappa shape index (κ2) is 6.01. The minimum absolute atomic E-state index is 0.529. The van der Waals surface area contributed by atoms with Gasteiger partial charge in [0.25, 0.3) is 0 Å². The van der Waals surface area contributed by atoms with Crippen LogP contribution in [0.25, 0.3) is 10.7 Å².